The Balaban J connectivity index is 1.57. The number of hydrogen-bond acceptors (Lipinski definition) is 4. The minimum Gasteiger partial charge on any atom is -0.350 e. The molecule has 9 heteroatoms. The zero-order valence-electron chi connectivity index (χ0n) is 17.8. The van der Waals surface area contributed by atoms with Crippen LogP contribution >= 0.6 is 34.5 Å². The van der Waals surface area contributed by atoms with E-state index in [4.69, 9.17) is 23.2 Å². The van der Waals surface area contributed by atoms with Crippen LogP contribution in [0.1, 0.15) is 34.9 Å². The lowest BCUT2D eigenvalue weighted by molar-refractivity contribution is 0.0949. The highest BCUT2D eigenvalue weighted by Crippen LogP contribution is 2.25. The fourth-order valence-corrected chi connectivity index (χ4v) is 4.02. The minimum atomic E-state index is -0.289. The van der Waals surface area contributed by atoms with Gasteiger partial charge in [-0.25, -0.2) is 9.78 Å². The first-order valence-corrected chi connectivity index (χ1v) is 11.8. The average Bonchev–Trinajstić information content (AvgIpc) is 3.24. The molecule has 0 aliphatic carbocycles. The van der Waals surface area contributed by atoms with Gasteiger partial charge >= 0.3 is 6.03 Å². The van der Waals surface area contributed by atoms with E-state index in [1.165, 1.54) is 11.3 Å². The van der Waals surface area contributed by atoms with Crippen LogP contribution in [0.4, 0.5) is 10.5 Å². The van der Waals surface area contributed by atoms with Crippen LogP contribution < -0.4 is 10.6 Å². The van der Waals surface area contributed by atoms with Crippen LogP contribution in [0.2, 0.25) is 10.0 Å². The Morgan fingerprint density at radius 1 is 1.09 bits per heavy atom. The van der Waals surface area contributed by atoms with E-state index in [-0.39, 0.29) is 24.5 Å². The molecule has 2 N–H and O–H groups in total. The summed E-state index contributed by atoms with van der Waals surface area (Å²) in [6, 6.07) is 14.5. The number of aromatic nitrogens is 1. The second-order valence-corrected chi connectivity index (χ2v) is 9.16. The molecule has 168 valence electrons. The second kappa shape index (κ2) is 11.3. The number of rotatable bonds is 8. The molecule has 6 nitrogen and oxygen atoms in total. The molecule has 0 aliphatic heterocycles. The van der Waals surface area contributed by atoms with Gasteiger partial charge in [0.1, 0.15) is 10.7 Å². The average molecular weight is 491 g/mol. The molecule has 0 saturated heterocycles. The Labute approximate surface area is 201 Å². The fourth-order valence-electron chi connectivity index (χ4n) is 2.95. The van der Waals surface area contributed by atoms with Gasteiger partial charge in [-0.05, 0) is 44.0 Å². The van der Waals surface area contributed by atoms with Crippen molar-refractivity contribution in [3.05, 3.63) is 80.2 Å². The zero-order valence-corrected chi connectivity index (χ0v) is 20.1. The van der Waals surface area contributed by atoms with Gasteiger partial charge in [-0.3, -0.25) is 4.79 Å². The molecular weight excluding hydrogens is 467 g/mol. The van der Waals surface area contributed by atoms with E-state index < -0.39 is 0 Å². The lowest BCUT2D eigenvalue weighted by atomic mass is 10.1. The molecule has 0 spiro atoms. The number of halogens is 2. The van der Waals surface area contributed by atoms with Gasteiger partial charge in [0, 0.05) is 23.7 Å². The van der Waals surface area contributed by atoms with Crippen LogP contribution in [-0.2, 0) is 13.0 Å². The Morgan fingerprint density at radius 2 is 1.84 bits per heavy atom. The first-order chi connectivity index (χ1) is 15.3. The number of urea groups is 1. The molecule has 3 rings (SSSR count). The standard InChI is InChI=1S/C23H24Cl2N4O2S/c1-15(2)29(23(31)27-17-8-9-18(24)19(25)12-17)13-21-28-20(14-32-21)22(30)26-11-10-16-6-4-3-5-7-16/h3-9,12,14-15H,10-11,13H2,1-2H3,(H,26,30)(H,27,31). The molecule has 0 atom stereocenters. The van der Waals surface area contributed by atoms with Gasteiger partial charge in [0.05, 0.1) is 16.6 Å². The van der Waals surface area contributed by atoms with Gasteiger partial charge in [-0.2, -0.15) is 0 Å². The van der Waals surface area contributed by atoms with Crippen LogP contribution in [0.5, 0.6) is 0 Å². The minimum absolute atomic E-state index is 0.0789. The van der Waals surface area contributed by atoms with Crippen molar-refractivity contribution in [2.24, 2.45) is 0 Å². The van der Waals surface area contributed by atoms with Crippen molar-refractivity contribution in [2.45, 2.75) is 32.9 Å². The Kier molecular flexibility index (Phi) is 8.50. The van der Waals surface area contributed by atoms with E-state index >= 15 is 0 Å². The first kappa shape index (κ1) is 24.0. The number of anilines is 1. The number of hydrogen-bond donors (Lipinski definition) is 2. The van der Waals surface area contributed by atoms with Crippen LogP contribution in [0.15, 0.2) is 53.9 Å². The van der Waals surface area contributed by atoms with Crippen molar-refractivity contribution < 1.29 is 9.59 Å². The summed E-state index contributed by atoms with van der Waals surface area (Å²) in [5.41, 5.74) is 2.06. The maximum Gasteiger partial charge on any atom is 0.322 e. The highest BCUT2D eigenvalue weighted by molar-refractivity contribution is 7.09. The summed E-state index contributed by atoms with van der Waals surface area (Å²) in [7, 11) is 0. The van der Waals surface area contributed by atoms with E-state index in [1.54, 1.807) is 28.5 Å². The quantitative estimate of drug-likeness (QED) is 0.414. The molecule has 0 saturated carbocycles. The van der Waals surface area contributed by atoms with Gasteiger partial charge in [0.25, 0.3) is 5.91 Å². The third-order valence-corrected chi connectivity index (χ3v) is 6.26. The summed E-state index contributed by atoms with van der Waals surface area (Å²) in [4.78, 5) is 31.3. The predicted octanol–water partition coefficient (Wildman–Crippen LogP) is 5.86. The number of carbonyl (C=O) groups is 2. The van der Waals surface area contributed by atoms with Gasteiger partial charge < -0.3 is 15.5 Å². The number of amides is 3. The Morgan fingerprint density at radius 3 is 2.53 bits per heavy atom. The lowest BCUT2D eigenvalue weighted by Gasteiger charge is -2.26. The van der Waals surface area contributed by atoms with Crippen molar-refractivity contribution in [1.29, 1.82) is 0 Å². The smallest absolute Gasteiger partial charge is 0.322 e. The molecule has 0 fully saturated rings. The van der Waals surface area contributed by atoms with Crippen molar-refractivity contribution >= 4 is 52.2 Å². The summed E-state index contributed by atoms with van der Waals surface area (Å²) < 4.78 is 0. The van der Waals surface area contributed by atoms with Crippen LogP contribution in [0, 0.1) is 0 Å². The summed E-state index contributed by atoms with van der Waals surface area (Å²) in [6.07, 6.45) is 0.750. The Bertz CT molecular complexity index is 1070. The van der Waals surface area contributed by atoms with Crippen molar-refractivity contribution in [1.82, 2.24) is 15.2 Å². The molecular formula is C23H24Cl2N4O2S. The largest absolute Gasteiger partial charge is 0.350 e. The van der Waals surface area contributed by atoms with Crippen molar-refractivity contribution in [2.75, 3.05) is 11.9 Å². The van der Waals surface area contributed by atoms with Gasteiger partial charge in [0.2, 0.25) is 0 Å². The van der Waals surface area contributed by atoms with E-state index in [9.17, 15) is 9.59 Å². The number of nitrogens with zero attached hydrogens (tertiary/aromatic N) is 2. The lowest BCUT2D eigenvalue weighted by Crippen LogP contribution is -2.39. The highest BCUT2D eigenvalue weighted by atomic mass is 35.5. The molecule has 0 aliphatic rings. The molecule has 1 heterocycles. The maximum absolute atomic E-state index is 12.8. The molecule has 1 aromatic heterocycles. The molecule has 0 radical (unpaired) electrons. The highest BCUT2D eigenvalue weighted by Gasteiger charge is 2.20. The Hall–Kier alpha value is -2.61. The third kappa shape index (κ3) is 6.69. The number of benzene rings is 2. The normalized spacial score (nSPS) is 10.8. The van der Waals surface area contributed by atoms with E-state index in [0.717, 1.165) is 12.0 Å². The monoisotopic (exact) mass is 490 g/mol. The van der Waals surface area contributed by atoms with Gasteiger partial charge in [-0.15, -0.1) is 11.3 Å². The van der Waals surface area contributed by atoms with Gasteiger partial charge in [0.15, 0.2) is 0 Å². The third-order valence-electron chi connectivity index (χ3n) is 4.69. The van der Waals surface area contributed by atoms with Crippen molar-refractivity contribution in [3.63, 3.8) is 0 Å². The summed E-state index contributed by atoms with van der Waals surface area (Å²) in [6.45, 7) is 4.64. The zero-order chi connectivity index (χ0) is 23.1. The van der Waals surface area contributed by atoms with Crippen LogP contribution in [0.25, 0.3) is 0 Å². The number of nitrogens with one attached hydrogen (secondary N) is 2. The molecule has 2 aromatic carbocycles. The predicted molar refractivity (Wildman–Crippen MR) is 131 cm³/mol. The molecule has 3 amide bonds. The molecule has 0 unspecified atom stereocenters. The summed E-state index contributed by atoms with van der Waals surface area (Å²) in [5.74, 6) is -0.222. The molecule has 0 bridgehead atoms. The first-order valence-electron chi connectivity index (χ1n) is 10.1. The van der Waals surface area contributed by atoms with E-state index in [0.29, 0.717) is 33.0 Å². The fraction of sp³-hybridized carbons (Fsp3) is 0.261. The van der Waals surface area contributed by atoms with Crippen LogP contribution in [0.3, 0.4) is 0 Å². The van der Waals surface area contributed by atoms with Crippen molar-refractivity contribution in [3.8, 4) is 0 Å². The second-order valence-electron chi connectivity index (χ2n) is 7.40. The van der Waals surface area contributed by atoms with Gasteiger partial charge in [-0.1, -0.05) is 53.5 Å². The molecule has 32 heavy (non-hydrogen) atoms. The van der Waals surface area contributed by atoms with E-state index in [1.807, 2.05) is 44.2 Å². The topological polar surface area (TPSA) is 74.3 Å². The SMILES string of the molecule is CC(C)N(Cc1nc(C(=O)NCCc2ccccc2)cs1)C(=O)Nc1ccc(Cl)c(Cl)c1. The number of thiazole rings is 1. The maximum atomic E-state index is 12.8. The number of carbonyl (C=O) groups excluding carboxylic acids is 2. The van der Waals surface area contributed by atoms with E-state index in [2.05, 4.69) is 15.6 Å². The summed E-state index contributed by atoms with van der Waals surface area (Å²) >= 11 is 13.3. The summed E-state index contributed by atoms with van der Waals surface area (Å²) in [5, 5.41) is 8.89. The molecule has 3 aromatic rings. The van der Waals surface area contributed by atoms with Crippen LogP contribution in [-0.4, -0.2) is 34.4 Å².